The Balaban J connectivity index is 2.32. The van der Waals surface area contributed by atoms with Gasteiger partial charge in [0.2, 0.25) is 17.5 Å². The second-order valence-electron chi connectivity index (χ2n) is 4.88. The third-order valence-corrected chi connectivity index (χ3v) is 3.70. The molecule has 0 bridgehead atoms. The summed E-state index contributed by atoms with van der Waals surface area (Å²) in [6, 6.07) is 3.63. The zero-order valence-corrected chi connectivity index (χ0v) is 14.5. The summed E-state index contributed by atoms with van der Waals surface area (Å²) in [4.78, 5) is 3.86. The SMILES string of the molecule is N#Cc1nc(-c2cc(Cl)cc(C(F)(F)F)c2Cl)oc1NCCOCCO. The summed E-state index contributed by atoms with van der Waals surface area (Å²) < 4.78 is 49.5. The zero-order valence-electron chi connectivity index (χ0n) is 13.0. The minimum atomic E-state index is -4.72. The Morgan fingerprint density at radius 1 is 1.31 bits per heavy atom. The van der Waals surface area contributed by atoms with Gasteiger partial charge in [-0.25, -0.2) is 0 Å². The molecule has 11 heteroatoms. The van der Waals surface area contributed by atoms with Crippen LogP contribution in [0.15, 0.2) is 16.5 Å². The van der Waals surface area contributed by atoms with Gasteiger partial charge in [0, 0.05) is 11.6 Å². The molecule has 0 fully saturated rings. The first-order valence-corrected chi connectivity index (χ1v) is 7.93. The van der Waals surface area contributed by atoms with E-state index < -0.39 is 16.8 Å². The number of alkyl halides is 3. The van der Waals surface area contributed by atoms with E-state index in [1.54, 1.807) is 6.07 Å². The average molecular weight is 410 g/mol. The maximum atomic E-state index is 13.1. The number of oxazole rings is 1. The van der Waals surface area contributed by atoms with Gasteiger partial charge in [-0.3, -0.25) is 0 Å². The summed E-state index contributed by atoms with van der Waals surface area (Å²) in [7, 11) is 0. The van der Waals surface area contributed by atoms with E-state index >= 15 is 0 Å². The molecule has 1 aromatic heterocycles. The van der Waals surface area contributed by atoms with Crippen LogP contribution in [0, 0.1) is 11.3 Å². The molecule has 0 aliphatic carbocycles. The summed E-state index contributed by atoms with van der Waals surface area (Å²) >= 11 is 11.6. The number of nitriles is 1. The Kier molecular flexibility index (Phi) is 6.72. The molecule has 2 rings (SSSR count). The fourth-order valence-corrected chi connectivity index (χ4v) is 2.50. The number of benzene rings is 1. The molecule has 0 radical (unpaired) electrons. The predicted octanol–water partition coefficient (Wildman–Crippen LogP) is 3.96. The minimum Gasteiger partial charge on any atom is -0.419 e. The largest absolute Gasteiger partial charge is 0.419 e. The van der Waals surface area contributed by atoms with Crippen molar-refractivity contribution >= 4 is 29.1 Å². The van der Waals surface area contributed by atoms with Gasteiger partial charge in [-0.1, -0.05) is 23.2 Å². The van der Waals surface area contributed by atoms with E-state index in [-0.39, 0.29) is 54.4 Å². The molecule has 2 aromatic rings. The van der Waals surface area contributed by atoms with Crippen LogP contribution in [-0.2, 0) is 10.9 Å². The van der Waals surface area contributed by atoms with Crippen molar-refractivity contribution in [2.75, 3.05) is 31.7 Å². The van der Waals surface area contributed by atoms with Crippen LogP contribution in [0.4, 0.5) is 19.1 Å². The van der Waals surface area contributed by atoms with Gasteiger partial charge >= 0.3 is 6.18 Å². The van der Waals surface area contributed by atoms with Crippen molar-refractivity contribution in [1.29, 1.82) is 5.26 Å². The van der Waals surface area contributed by atoms with Crippen molar-refractivity contribution in [3.8, 4) is 17.5 Å². The van der Waals surface area contributed by atoms with Gasteiger partial charge in [0.1, 0.15) is 6.07 Å². The number of nitrogens with zero attached hydrogens (tertiary/aromatic N) is 2. The summed E-state index contributed by atoms with van der Waals surface area (Å²) in [5, 5.41) is 19.6. The fourth-order valence-electron chi connectivity index (χ4n) is 1.99. The van der Waals surface area contributed by atoms with Crippen molar-refractivity contribution < 1.29 is 27.4 Å². The Morgan fingerprint density at radius 2 is 2.04 bits per heavy atom. The topological polar surface area (TPSA) is 91.3 Å². The summed E-state index contributed by atoms with van der Waals surface area (Å²) in [6.45, 7) is 0.440. The number of aliphatic hydroxyl groups is 1. The number of nitrogens with one attached hydrogen (secondary N) is 1. The van der Waals surface area contributed by atoms with E-state index in [0.29, 0.717) is 6.07 Å². The Hall–Kier alpha value is -1.99. The molecule has 6 nitrogen and oxygen atoms in total. The summed E-state index contributed by atoms with van der Waals surface area (Å²) in [5.74, 6) is -0.321. The molecule has 2 N–H and O–H groups in total. The minimum absolute atomic E-state index is 0.0419. The van der Waals surface area contributed by atoms with Crippen LogP contribution in [0.3, 0.4) is 0 Å². The molecule has 1 heterocycles. The van der Waals surface area contributed by atoms with Crippen molar-refractivity contribution in [1.82, 2.24) is 4.98 Å². The molecule has 0 unspecified atom stereocenters. The number of hydrogen-bond donors (Lipinski definition) is 2. The van der Waals surface area contributed by atoms with Gasteiger partial charge in [-0.05, 0) is 12.1 Å². The lowest BCUT2D eigenvalue weighted by atomic mass is 10.1. The van der Waals surface area contributed by atoms with Crippen LogP contribution < -0.4 is 5.32 Å². The summed E-state index contributed by atoms with van der Waals surface area (Å²) in [6.07, 6.45) is -4.72. The number of aliphatic hydroxyl groups excluding tert-OH is 1. The third-order valence-electron chi connectivity index (χ3n) is 3.07. The molecular weight excluding hydrogens is 398 g/mol. The Labute approximate surface area is 156 Å². The van der Waals surface area contributed by atoms with E-state index in [0.717, 1.165) is 0 Å². The molecule has 26 heavy (non-hydrogen) atoms. The van der Waals surface area contributed by atoms with Crippen molar-refractivity contribution in [2.24, 2.45) is 0 Å². The van der Waals surface area contributed by atoms with E-state index in [4.69, 9.17) is 42.7 Å². The monoisotopic (exact) mass is 409 g/mol. The van der Waals surface area contributed by atoms with Gasteiger partial charge in [0.05, 0.1) is 36.0 Å². The molecule has 0 saturated carbocycles. The molecule has 0 aliphatic heterocycles. The molecule has 140 valence electrons. The summed E-state index contributed by atoms with van der Waals surface area (Å²) in [5.41, 5.74) is -1.48. The first kappa shape index (κ1) is 20.3. The van der Waals surface area contributed by atoms with E-state index in [1.165, 1.54) is 6.07 Å². The van der Waals surface area contributed by atoms with Crippen LogP contribution >= 0.6 is 23.2 Å². The number of ether oxygens (including phenoxy) is 1. The molecule has 0 aliphatic rings. The highest BCUT2D eigenvalue weighted by molar-refractivity contribution is 6.36. The van der Waals surface area contributed by atoms with Crippen LogP contribution in [0.5, 0.6) is 0 Å². The van der Waals surface area contributed by atoms with E-state index in [1.807, 2.05) is 0 Å². The van der Waals surface area contributed by atoms with E-state index in [9.17, 15) is 13.2 Å². The second-order valence-corrected chi connectivity index (χ2v) is 5.70. The van der Waals surface area contributed by atoms with E-state index in [2.05, 4.69) is 10.3 Å². The lowest BCUT2D eigenvalue weighted by Crippen LogP contribution is -2.11. The van der Waals surface area contributed by atoms with Crippen LogP contribution in [0.2, 0.25) is 10.0 Å². The zero-order chi connectivity index (χ0) is 19.3. The van der Waals surface area contributed by atoms with Gasteiger partial charge < -0.3 is 19.6 Å². The van der Waals surface area contributed by atoms with Crippen LogP contribution in [0.1, 0.15) is 11.3 Å². The highest BCUT2D eigenvalue weighted by atomic mass is 35.5. The first-order valence-electron chi connectivity index (χ1n) is 7.18. The van der Waals surface area contributed by atoms with Crippen molar-refractivity contribution in [3.63, 3.8) is 0 Å². The molecule has 0 amide bonds. The van der Waals surface area contributed by atoms with Gasteiger partial charge in [-0.15, -0.1) is 0 Å². The predicted molar refractivity (Wildman–Crippen MR) is 88.1 cm³/mol. The lowest BCUT2D eigenvalue weighted by Gasteiger charge is -2.11. The van der Waals surface area contributed by atoms with Crippen LogP contribution in [0.25, 0.3) is 11.5 Å². The molecule has 0 saturated heterocycles. The molecular formula is C15H12Cl2F3N3O3. The number of hydrogen-bond acceptors (Lipinski definition) is 6. The number of aromatic nitrogens is 1. The van der Waals surface area contributed by atoms with Gasteiger partial charge in [0.25, 0.3) is 0 Å². The quantitative estimate of drug-likeness (QED) is 0.672. The van der Waals surface area contributed by atoms with Crippen molar-refractivity contribution in [3.05, 3.63) is 33.4 Å². The van der Waals surface area contributed by atoms with Crippen LogP contribution in [-0.4, -0.2) is 36.5 Å². The second kappa shape index (κ2) is 8.60. The highest BCUT2D eigenvalue weighted by Crippen LogP contribution is 2.42. The van der Waals surface area contributed by atoms with Gasteiger partial charge in [-0.2, -0.15) is 23.4 Å². The average Bonchev–Trinajstić information content (AvgIpc) is 2.98. The maximum absolute atomic E-state index is 13.1. The Morgan fingerprint density at radius 3 is 2.65 bits per heavy atom. The number of anilines is 1. The fraction of sp³-hybridized carbons (Fsp3) is 0.333. The Bertz CT molecular complexity index is 819. The van der Waals surface area contributed by atoms with Crippen molar-refractivity contribution in [2.45, 2.75) is 6.18 Å². The molecule has 0 atom stereocenters. The number of rotatable bonds is 7. The first-order chi connectivity index (χ1) is 12.3. The molecule has 0 spiro atoms. The third kappa shape index (κ3) is 4.80. The highest BCUT2D eigenvalue weighted by Gasteiger charge is 2.35. The molecule has 1 aromatic carbocycles. The smallest absolute Gasteiger partial charge is 0.417 e. The van der Waals surface area contributed by atoms with Gasteiger partial charge in [0.15, 0.2) is 0 Å². The normalized spacial score (nSPS) is 11.4. The lowest BCUT2D eigenvalue weighted by molar-refractivity contribution is -0.137. The maximum Gasteiger partial charge on any atom is 0.417 e. The standard InChI is InChI=1S/C15H12Cl2F3N3O3/c16-8-5-9(12(17)10(6-8)15(18,19)20)13-23-11(7-21)14(26-13)22-1-3-25-4-2-24/h5-6,22,24H,1-4H2. The number of halogens is 5.